The summed E-state index contributed by atoms with van der Waals surface area (Å²) in [6.45, 7) is 0. The quantitative estimate of drug-likeness (QED) is 0.214. The lowest BCUT2D eigenvalue weighted by Gasteiger charge is -2.36. The Labute approximate surface area is 258 Å². The Hall–Kier alpha value is -5.33. The minimum Gasteiger partial charge on any atom is -0.228 e. The van der Waals surface area contributed by atoms with Gasteiger partial charge < -0.3 is 0 Å². The SMILES string of the molecule is N#Cc1ccc2c(c1)C1(CCCCC1)c1ccc(-c3cc(-c4ccc(-c5ccccc5)cc4)nc(-c4ccccc4)n3)cc1-2. The van der Waals surface area contributed by atoms with Crippen LogP contribution >= 0.6 is 0 Å². The van der Waals surface area contributed by atoms with Gasteiger partial charge >= 0.3 is 0 Å². The van der Waals surface area contributed by atoms with Crippen molar-refractivity contribution in [2.75, 3.05) is 0 Å². The first-order valence-corrected chi connectivity index (χ1v) is 15.5. The zero-order chi connectivity index (χ0) is 29.5. The Morgan fingerprint density at radius 1 is 0.500 bits per heavy atom. The molecule has 0 N–H and O–H groups in total. The van der Waals surface area contributed by atoms with Crippen LogP contribution in [0.1, 0.15) is 48.8 Å². The Bertz CT molecular complexity index is 2030. The molecule has 1 fully saturated rings. The molecule has 210 valence electrons. The van der Waals surface area contributed by atoms with Crippen molar-refractivity contribution in [3.8, 4) is 62.2 Å². The maximum Gasteiger partial charge on any atom is 0.160 e. The van der Waals surface area contributed by atoms with Crippen molar-refractivity contribution in [1.82, 2.24) is 9.97 Å². The minimum atomic E-state index is 0.000831. The Morgan fingerprint density at radius 3 is 1.82 bits per heavy atom. The molecular formula is C41H31N3. The van der Waals surface area contributed by atoms with E-state index in [9.17, 15) is 5.26 Å². The maximum atomic E-state index is 9.71. The Kier molecular flexibility index (Phi) is 6.42. The fourth-order valence-electron chi connectivity index (χ4n) is 7.35. The predicted octanol–water partition coefficient (Wildman–Crippen LogP) is 10.2. The summed E-state index contributed by atoms with van der Waals surface area (Å²) in [5, 5.41) is 9.71. The summed E-state index contributed by atoms with van der Waals surface area (Å²) in [5.74, 6) is 0.716. The maximum absolute atomic E-state index is 9.71. The van der Waals surface area contributed by atoms with Gasteiger partial charge in [0, 0.05) is 22.1 Å². The Morgan fingerprint density at radius 2 is 1.11 bits per heavy atom. The molecule has 1 saturated carbocycles. The van der Waals surface area contributed by atoms with Crippen molar-refractivity contribution >= 4 is 0 Å². The van der Waals surface area contributed by atoms with Gasteiger partial charge in [0.2, 0.25) is 0 Å². The first-order chi connectivity index (χ1) is 21.7. The number of fused-ring (bicyclic) bond motifs is 5. The molecule has 0 aliphatic heterocycles. The minimum absolute atomic E-state index is 0.000831. The molecule has 5 aromatic carbocycles. The molecule has 3 nitrogen and oxygen atoms in total. The summed E-state index contributed by atoms with van der Waals surface area (Å²) >= 11 is 0. The number of rotatable bonds is 4. The zero-order valence-corrected chi connectivity index (χ0v) is 24.5. The van der Waals surface area contributed by atoms with Crippen LogP contribution in [0.3, 0.4) is 0 Å². The highest BCUT2D eigenvalue weighted by atomic mass is 14.9. The molecule has 2 aliphatic rings. The van der Waals surface area contributed by atoms with Gasteiger partial charge in [-0.3, -0.25) is 0 Å². The first kappa shape index (κ1) is 26.3. The van der Waals surface area contributed by atoms with E-state index in [4.69, 9.17) is 9.97 Å². The van der Waals surface area contributed by atoms with Gasteiger partial charge in [0.1, 0.15) is 0 Å². The number of nitrogens with zero attached hydrogens (tertiary/aromatic N) is 3. The van der Waals surface area contributed by atoms with Crippen molar-refractivity contribution in [3.63, 3.8) is 0 Å². The van der Waals surface area contributed by atoms with Crippen LogP contribution < -0.4 is 0 Å². The first-order valence-electron chi connectivity index (χ1n) is 15.5. The van der Waals surface area contributed by atoms with E-state index in [0.717, 1.165) is 46.5 Å². The smallest absolute Gasteiger partial charge is 0.160 e. The molecule has 0 radical (unpaired) electrons. The third-order valence-electron chi connectivity index (χ3n) is 9.54. The standard InChI is InChI=1S/C41H31N3/c42-27-28-14-20-34-35-25-33(19-21-36(35)41(37(34)24-28)22-8-3-9-23-41)39-26-38(43-40(44-39)32-12-6-2-7-13-32)31-17-15-30(16-18-31)29-10-4-1-5-11-29/h1-2,4-7,10-21,24-26H,3,8-9,22-23H2. The second kappa shape index (κ2) is 10.7. The van der Waals surface area contributed by atoms with Crippen LogP contribution in [-0.2, 0) is 5.41 Å². The fourth-order valence-corrected chi connectivity index (χ4v) is 7.35. The molecule has 8 rings (SSSR count). The molecule has 6 aromatic rings. The highest BCUT2D eigenvalue weighted by Gasteiger charge is 2.43. The van der Waals surface area contributed by atoms with Gasteiger partial charge in [-0.1, -0.05) is 122 Å². The molecular weight excluding hydrogens is 534 g/mol. The van der Waals surface area contributed by atoms with E-state index in [1.165, 1.54) is 52.6 Å². The van der Waals surface area contributed by atoms with Gasteiger partial charge in [-0.15, -0.1) is 0 Å². The van der Waals surface area contributed by atoms with E-state index in [2.05, 4.69) is 103 Å². The second-order valence-corrected chi connectivity index (χ2v) is 12.0. The lowest BCUT2D eigenvalue weighted by atomic mass is 9.67. The van der Waals surface area contributed by atoms with Crippen molar-refractivity contribution in [3.05, 3.63) is 144 Å². The van der Waals surface area contributed by atoms with Crippen molar-refractivity contribution in [2.45, 2.75) is 37.5 Å². The van der Waals surface area contributed by atoms with E-state index < -0.39 is 0 Å². The molecule has 0 amide bonds. The van der Waals surface area contributed by atoms with Crippen molar-refractivity contribution in [2.24, 2.45) is 0 Å². The van der Waals surface area contributed by atoms with E-state index in [0.29, 0.717) is 5.82 Å². The highest BCUT2D eigenvalue weighted by Crippen LogP contribution is 2.56. The van der Waals surface area contributed by atoms with Crippen LogP contribution in [0.15, 0.2) is 127 Å². The van der Waals surface area contributed by atoms with E-state index in [-0.39, 0.29) is 5.41 Å². The summed E-state index contributed by atoms with van der Waals surface area (Å²) in [7, 11) is 0. The molecule has 2 aliphatic carbocycles. The summed E-state index contributed by atoms with van der Waals surface area (Å²) < 4.78 is 0. The van der Waals surface area contributed by atoms with Gasteiger partial charge in [-0.05, 0) is 70.5 Å². The summed E-state index contributed by atoms with van der Waals surface area (Å²) in [4.78, 5) is 10.2. The molecule has 0 unspecified atom stereocenters. The van der Waals surface area contributed by atoms with Crippen LogP contribution in [-0.4, -0.2) is 9.97 Å². The molecule has 0 atom stereocenters. The summed E-state index contributed by atoms with van der Waals surface area (Å²) in [6.07, 6.45) is 5.99. The highest BCUT2D eigenvalue weighted by molar-refractivity contribution is 5.85. The molecule has 1 aromatic heterocycles. The average molecular weight is 566 g/mol. The molecule has 1 spiro atoms. The number of nitriles is 1. The van der Waals surface area contributed by atoms with Crippen LogP contribution in [0.4, 0.5) is 0 Å². The summed E-state index contributed by atoms with van der Waals surface area (Å²) in [5.41, 5.74) is 13.3. The molecule has 0 bridgehead atoms. The number of aromatic nitrogens is 2. The second-order valence-electron chi connectivity index (χ2n) is 12.0. The van der Waals surface area contributed by atoms with Crippen LogP contribution in [0.25, 0.3) is 56.2 Å². The normalized spacial score (nSPS) is 14.5. The number of hydrogen-bond acceptors (Lipinski definition) is 3. The zero-order valence-electron chi connectivity index (χ0n) is 24.5. The van der Waals surface area contributed by atoms with Gasteiger partial charge in [0.05, 0.1) is 23.0 Å². The topological polar surface area (TPSA) is 49.6 Å². The van der Waals surface area contributed by atoms with Gasteiger partial charge in [0.15, 0.2) is 5.82 Å². The van der Waals surface area contributed by atoms with Crippen LogP contribution in [0.2, 0.25) is 0 Å². The van der Waals surface area contributed by atoms with Gasteiger partial charge in [-0.25, -0.2) is 9.97 Å². The van der Waals surface area contributed by atoms with Gasteiger partial charge in [-0.2, -0.15) is 5.26 Å². The van der Waals surface area contributed by atoms with Crippen molar-refractivity contribution < 1.29 is 0 Å². The van der Waals surface area contributed by atoms with E-state index in [1.807, 2.05) is 30.3 Å². The molecule has 0 saturated heterocycles. The molecule has 3 heteroatoms. The fraction of sp³-hybridized carbons (Fsp3) is 0.146. The lowest BCUT2D eigenvalue weighted by Crippen LogP contribution is -2.28. The third-order valence-corrected chi connectivity index (χ3v) is 9.54. The van der Waals surface area contributed by atoms with Gasteiger partial charge in [0.25, 0.3) is 0 Å². The summed E-state index contributed by atoms with van der Waals surface area (Å²) in [6, 6.07) is 47.0. The number of benzene rings is 5. The van der Waals surface area contributed by atoms with Crippen LogP contribution in [0, 0.1) is 11.3 Å². The monoisotopic (exact) mass is 565 g/mol. The van der Waals surface area contributed by atoms with Crippen molar-refractivity contribution in [1.29, 1.82) is 5.26 Å². The van der Waals surface area contributed by atoms with Crippen LogP contribution in [0.5, 0.6) is 0 Å². The predicted molar refractivity (Wildman–Crippen MR) is 178 cm³/mol. The largest absolute Gasteiger partial charge is 0.228 e. The van der Waals surface area contributed by atoms with E-state index >= 15 is 0 Å². The lowest BCUT2D eigenvalue weighted by molar-refractivity contribution is 0.353. The average Bonchev–Trinajstić information content (AvgIpc) is 3.36. The molecule has 1 heterocycles. The van der Waals surface area contributed by atoms with E-state index in [1.54, 1.807) is 0 Å². The third kappa shape index (κ3) is 4.43. The number of hydrogen-bond donors (Lipinski definition) is 0. The Balaban J connectivity index is 1.26. The molecule has 44 heavy (non-hydrogen) atoms.